The quantitative estimate of drug-likeness (QED) is 0.707. The van der Waals surface area contributed by atoms with Gasteiger partial charge in [-0.2, -0.15) is 0 Å². The normalized spacial score (nSPS) is 17.0. The van der Waals surface area contributed by atoms with E-state index < -0.39 is 0 Å². The monoisotopic (exact) mass is 399 g/mol. The molecule has 2 aliphatic heterocycles. The number of piperazine rings is 1. The van der Waals surface area contributed by atoms with Crippen LogP contribution in [0.1, 0.15) is 11.3 Å². The fraction of sp³-hybridized carbons (Fsp3) is 0.320. The van der Waals surface area contributed by atoms with Gasteiger partial charge < -0.3 is 15.1 Å². The Balaban J connectivity index is 1.19. The van der Waals surface area contributed by atoms with Crippen molar-refractivity contribution in [2.75, 3.05) is 49.2 Å². The second kappa shape index (κ2) is 8.36. The van der Waals surface area contributed by atoms with Gasteiger partial charge in [0.2, 0.25) is 0 Å². The number of benzene rings is 2. The maximum absolute atomic E-state index is 4.70. The van der Waals surface area contributed by atoms with Crippen LogP contribution in [0.25, 0.3) is 10.9 Å². The number of anilines is 2. The Labute approximate surface area is 178 Å². The van der Waals surface area contributed by atoms with Crippen LogP contribution in [0.15, 0.2) is 67.0 Å². The summed E-state index contributed by atoms with van der Waals surface area (Å²) in [5, 5.41) is 4.50. The molecule has 1 aromatic heterocycles. The van der Waals surface area contributed by atoms with E-state index in [2.05, 4.69) is 87.7 Å². The van der Waals surface area contributed by atoms with E-state index in [1.807, 2.05) is 6.20 Å². The third-order valence-corrected chi connectivity index (χ3v) is 6.15. The highest BCUT2D eigenvalue weighted by Gasteiger charge is 2.19. The molecular weight excluding hydrogens is 370 g/mol. The second-order valence-corrected chi connectivity index (χ2v) is 8.19. The highest BCUT2D eigenvalue weighted by Crippen LogP contribution is 2.27. The lowest BCUT2D eigenvalue weighted by Gasteiger charge is -2.36. The van der Waals surface area contributed by atoms with Crippen molar-refractivity contribution in [2.45, 2.75) is 13.3 Å². The molecule has 3 aromatic rings. The van der Waals surface area contributed by atoms with E-state index in [9.17, 15) is 0 Å². The number of aryl methyl sites for hydroxylation is 1. The molecule has 5 rings (SSSR count). The molecule has 0 amide bonds. The van der Waals surface area contributed by atoms with Gasteiger partial charge in [-0.05, 0) is 55.3 Å². The summed E-state index contributed by atoms with van der Waals surface area (Å²) in [6, 6.07) is 19.7. The smallest absolute Gasteiger partial charge is 0.0916 e. The standard InChI is InChI=1S/C25H29N5/c1-20-8-9-23-24(27-20)6-3-7-25(23)29-16-14-28(15-17-29)12-10-21-4-2-5-22(18-21)30-13-11-26-19-30/h2-9,11,13,18,26H,10,12,14-17,19H2,1H3. The summed E-state index contributed by atoms with van der Waals surface area (Å²) < 4.78 is 0. The number of pyridine rings is 1. The van der Waals surface area contributed by atoms with Gasteiger partial charge >= 0.3 is 0 Å². The lowest BCUT2D eigenvalue weighted by atomic mass is 10.1. The lowest BCUT2D eigenvalue weighted by Crippen LogP contribution is -2.47. The van der Waals surface area contributed by atoms with Crippen molar-refractivity contribution in [3.05, 3.63) is 78.3 Å². The van der Waals surface area contributed by atoms with Gasteiger partial charge in [-0.3, -0.25) is 9.88 Å². The molecule has 1 saturated heterocycles. The van der Waals surface area contributed by atoms with Crippen molar-refractivity contribution >= 4 is 22.3 Å². The average molecular weight is 400 g/mol. The Morgan fingerprint density at radius 1 is 0.967 bits per heavy atom. The van der Waals surface area contributed by atoms with Gasteiger partial charge in [0.25, 0.3) is 0 Å². The average Bonchev–Trinajstić information content (AvgIpc) is 3.33. The van der Waals surface area contributed by atoms with Crippen LogP contribution in [0.4, 0.5) is 11.4 Å². The third-order valence-electron chi connectivity index (χ3n) is 6.15. The molecule has 0 radical (unpaired) electrons. The van der Waals surface area contributed by atoms with Crippen LogP contribution in [0.5, 0.6) is 0 Å². The van der Waals surface area contributed by atoms with E-state index in [1.165, 1.54) is 22.3 Å². The summed E-state index contributed by atoms with van der Waals surface area (Å²) in [5.74, 6) is 0. The molecule has 2 aromatic carbocycles. The molecule has 30 heavy (non-hydrogen) atoms. The fourth-order valence-electron chi connectivity index (χ4n) is 4.43. The summed E-state index contributed by atoms with van der Waals surface area (Å²) in [7, 11) is 0. The number of hydrogen-bond donors (Lipinski definition) is 1. The summed E-state index contributed by atoms with van der Waals surface area (Å²) in [4.78, 5) is 12.0. The number of nitrogens with one attached hydrogen (secondary N) is 1. The van der Waals surface area contributed by atoms with Crippen molar-refractivity contribution in [3.63, 3.8) is 0 Å². The SMILES string of the molecule is Cc1ccc2c(N3CCN(CCc4cccc(N5C=CNC5)c4)CC3)cccc2n1. The van der Waals surface area contributed by atoms with E-state index in [1.54, 1.807) is 0 Å². The summed E-state index contributed by atoms with van der Waals surface area (Å²) in [6.07, 6.45) is 5.19. The number of fused-ring (bicyclic) bond motifs is 1. The highest BCUT2D eigenvalue weighted by molar-refractivity contribution is 5.92. The van der Waals surface area contributed by atoms with E-state index in [4.69, 9.17) is 4.98 Å². The fourth-order valence-corrected chi connectivity index (χ4v) is 4.43. The van der Waals surface area contributed by atoms with Crippen LogP contribution in [0.2, 0.25) is 0 Å². The molecule has 5 heteroatoms. The Morgan fingerprint density at radius 2 is 1.83 bits per heavy atom. The molecule has 3 heterocycles. The van der Waals surface area contributed by atoms with Crippen LogP contribution in [-0.4, -0.2) is 49.3 Å². The summed E-state index contributed by atoms with van der Waals surface area (Å²) >= 11 is 0. The van der Waals surface area contributed by atoms with Crippen molar-refractivity contribution in [3.8, 4) is 0 Å². The molecule has 1 N–H and O–H groups in total. The minimum absolute atomic E-state index is 0.856. The number of hydrogen-bond acceptors (Lipinski definition) is 5. The van der Waals surface area contributed by atoms with Crippen molar-refractivity contribution in [2.24, 2.45) is 0 Å². The first-order chi connectivity index (χ1) is 14.8. The molecule has 0 atom stereocenters. The molecule has 0 saturated carbocycles. The minimum atomic E-state index is 0.856. The molecule has 1 fully saturated rings. The van der Waals surface area contributed by atoms with Crippen LogP contribution < -0.4 is 15.1 Å². The molecule has 154 valence electrons. The molecule has 0 aliphatic carbocycles. The van der Waals surface area contributed by atoms with Gasteiger partial charge in [-0.25, -0.2) is 0 Å². The Bertz CT molecular complexity index is 1050. The summed E-state index contributed by atoms with van der Waals surface area (Å²) in [5.41, 5.74) is 6.16. The van der Waals surface area contributed by atoms with Crippen LogP contribution in [0, 0.1) is 6.92 Å². The van der Waals surface area contributed by atoms with Crippen molar-refractivity contribution in [1.82, 2.24) is 15.2 Å². The molecular formula is C25H29N5. The topological polar surface area (TPSA) is 34.6 Å². The van der Waals surface area contributed by atoms with Crippen LogP contribution >= 0.6 is 0 Å². The predicted molar refractivity (Wildman–Crippen MR) is 125 cm³/mol. The highest BCUT2D eigenvalue weighted by atomic mass is 15.3. The Hall–Kier alpha value is -3.05. The molecule has 2 aliphatic rings. The Kier molecular flexibility index (Phi) is 5.28. The lowest BCUT2D eigenvalue weighted by molar-refractivity contribution is 0.261. The zero-order chi connectivity index (χ0) is 20.3. The van der Waals surface area contributed by atoms with Gasteiger partial charge in [0.15, 0.2) is 0 Å². The maximum Gasteiger partial charge on any atom is 0.0916 e. The predicted octanol–water partition coefficient (Wildman–Crippen LogP) is 3.75. The van der Waals surface area contributed by atoms with E-state index in [0.717, 1.165) is 57.0 Å². The van der Waals surface area contributed by atoms with E-state index >= 15 is 0 Å². The summed E-state index contributed by atoms with van der Waals surface area (Å²) in [6.45, 7) is 8.37. The zero-order valence-electron chi connectivity index (χ0n) is 17.6. The zero-order valence-corrected chi connectivity index (χ0v) is 17.6. The second-order valence-electron chi connectivity index (χ2n) is 8.19. The van der Waals surface area contributed by atoms with Gasteiger partial charge in [0.05, 0.1) is 12.2 Å². The Morgan fingerprint density at radius 3 is 2.67 bits per heavy atom. The third kappa shape index (κ3) is 3.98. The van der Waals surface area contributed by atoms with Crippen LogP contribution in [0.3, 0.4) is 0 Å². The largest absolute Gasteiger partial charge is 0.372 e. The first-order valence-corrected chi connectivity index (χ1v) is 10.9. The number of rotatable bonds is 5. The van der Waals surface area contributed by atoms with Crippen molar-refractivity contribution in [1.29, 1.82) is 0 Å². The van der Waals surface area contributed by atoms with Gasteiger partial charge in [0.1, 0.15) is 0 Å². The maximum atomic E-state index is 4.70. The number of aromatic nitrogens is 1. The van der Waals surface area contributed by atoms with E-state index in [-0.39, 0.29) is 0 Å². The molecule has 0 bridgehead atoms. The van der Waals surface area contributed by atoms with E-state index in [0.29, 0.717) is 0 Å². The molecule has 0 unspecified atom stereocenters. The van der Waals surface area contributed by atoms with Crippen molar-refractivity contribution < 1.29 is 0 Å². The van der Waals surface area contributed by atoms with Gasteiger partial charge in [0, 0.05) is 67.6 Å². The minimum Gasteiger partial charge on any atom is -0.372 e. The first kappa shape index (κ1) is 18.9. The first-order valence-electron chi connectivity index (χ1n) is 10.9. The van der Waals surface area contributed by atoms with Crippen LogP contribution in [-0.2, 0) is 6.42 Å². The van der Waals surface area contributed by atoms with Gasteiger partial charge in [-0.15, -0.1) is 0 Å². The molecule has 5 nitrogen and oxygen atoms in total. The molecule has 0 spiro atoms. The van der Waals surface area contributed by atoms with Gasteiger partial charge in [-0.1, -0.05) is 18.2 Å². The number of nitrogens with zero attached hydrogens (tertiary/aromatic N) is 4.